The highest BCUT2D eigenvalue weighted by Gasteiger charge is 2.30. The minimum atomic E-state index is -3.01. The number of hydrogen-bond donors (Lipinski definition) is 1. The van der Waals surface area contributed by atoms with Gasteiger partial charge in [-0.15, -0.1) is 12.4 Å². The Hall–Kier alpha value is 0.160. The Morgan fingerprint density at radius 1 is 1.31 bits per heavy atom. The molecular formula is C10H21ClN2O2S. The average molecular weight is 269 g/mol. The molecule has 4 nitrogen and oxygen atoms in total. The Balaban J connectivity index is 0.00000128. The molecule has 0 bridgehead atoms. The molecule has 2 aliphatic rings. The summed E-state index contributed by atoms with van der Waals surface area (Å²) in [6.45, 7) is 1.74. The number of halogens is 1. The molecule has 0 spiro atoms. The van der Waals surface area contributed by atoms with Crippen LogP contribution >= 0.6 is 12.4 Å². The highest BCUT2D eigenvalue weighted by Crippen LogP contribution is 2.33. The van der Waals surface area contributed by atoms with Gasteiger partial charge in [-0.2, -0.15) is 0 Å². The predicted octanol–water partition coefficient (Wildman–Crippen LogP) is 0.832. The van der Waals surface area contributed by atoms with Gasteiger partial charge in [-0.3, -0.25) is 0 Å². The van der Waals surface area contributed by atoms with Crippen LogP contribution in [-0.2, 0) is 10.0 Å². The molecule has 1 heterocycles. The van der Waals surface area contributed by atoms with Crippen molar-refractivity contribution < 1.29 is 8.42 Å². The first-order valence-electron chi connectivity index (χ1n) is 5.76. The molecule has 1 aliphatic carbocycles. The third-order valence-corrected chi connectivity index (χ3v) is 5.40. The van der Waals surface area contributed by atoms with Crippen molar-refractivity contribution in [2.75, 3.05) is 25.9 Å². The van der Waals surface area contributed by atoms with Crippen molar-refractivity contribution in [3.63, 3.8) is 0 Å². The van der Waals surface area contributed by atoms with Crippen molar-refractivity contribution >= 4 is 22.4 Å². The highest BCUT2D eigenvalue weighted by atomic mass is 35.5. The Morgan fingerprint density at radius 2 is 2.00 bits per heavy atom. The molecule has 1 aliphatic heterocycles. The van der Waals surface area contributed by atoms with E-state index in [-0.39, 0.29) is 18.4 Å². The predicted molar refractivity (Wildman–Crippen MR) is 67.4 cm³/mol. The number of nitrogens with one attached hydrogen (secondary N) is 1. The number of nitrogens with zero attached hydrogens (tertiary/aromatic N) is 1. The fourth-order valence-corrected chi connectivity index (χ4v) is 3.60. The molecule has 16 heavy (non-hydrogen) atoms. The summed E-state index contributed by atoms with van der Waals surface area (Å²) in [6.07, 6.45) is 4.25. The van der Waals surface area contributed by atoms with Crippen molar-refractivity contribution in [1.29, 1.82) is 0 Å². The lowest BCUT2D eigenvalue weighted by molar-refractivity contribution is 0.386. The van der Waals surface area contributed by atoms with E-state index in [0.29, 0.717) is 11.7 Å². The molecule has 1 saturated heterocycles. The third kappa shape index (κ3) is 3.58. The lowest BCUT2D eigenvalue weighted by Gasteiger charge is -2.23. The van der Waals surface area contributed by atoms with E-state index in [1.807, 2.05) is 0 Å². The number of likely N-dealkylation sites (N-methyl/N-ethyl adjacent to an activating group) is 1. The van der Waals surface area contributed by atoms with Crippen LogP contribution in [0.2, 0.25) is 0 Å². The molecule has 1 N–H and O–H groups in total. The Bertz CT molecular complexity index is 311. The monoisotopic (exact) mass is 268 g/mol. The van der Waals surface area contributed by atoms with Crippen LogP contribution in [0.15, 0.2) is 0 Å². The molecule has 6 heteroatoms. The highest BCUT2D eigenvalue weighted by molar-refractivity contribution is 7.89. The van der Waals surface area contributed by atoms with Crippen LogP contribution in [0.5, 0.6) is 0 Å². The Kier molecular flexibility index (Phi) is 5.04. The van der Waals surface area contributed by atoms with Gasteiger partial charge in [-0.05, 0) is 25.3 Å². The summed E-state index contributed by atoms with van der Waals surface area (Å²) >= 11 is 0. The first-order valence-corrected chi connectivity index (χ1v) is 7.37. The van der Waals surface area contributed by atoms with Crippen LogP contribution in [0.1, 0.15) is 25.7 Å². The SMILES string of the molecule is CN(C1CCNC1)S(=O)(=O)CCC1CC1.Cl. The van der Waals surface area contributed by atoms with Crippen molar-refractivity contribution in [3.05, 3.63) is 0 Å². The van der Waals surface area contributed by atoms with Gasteiger partial charge in [-0.25, -0.2) is 12.7 Å². The average Bonchev–Trinajstić information content (AvgIpc) is 2.88. The Morgan fingerprint density at radius 3 is 2.50 bits per heavy atom. The van der Waals surface area contributed by atoms with E-state index in [0.717, 1.165) is 25.9 Å². The lowest BCUT2D eigenvalue weighted by atomic mass is 10.3. The minimum Gasteiger partial charge on any atom is -0.315 e. The molecule has 2 rings (SSSR count). The van der Waals surface area contributed by atoms with Crippen LogP contribution in [0.3, 0.4) is 0 Å². The largest absolute Gasteiger partial charge is 0.315 e. The maximum Gasteiger partial charge on any atom is 0.214 e. The zero-order valence-electron chi connectivity index (χ0n) is 9.68. The standard InChI is InChI=1S/C10H20N2O2S.ClH/c1-12(10-4-6-11-8-10)15(13,14)7-5-9-2-3-9;/h9-11H,2-8H2,1H3;1H. The summed E-state index contributed by atoms with van der Waals surface area (Å²) < 4.78 is 25.5. The molecule has 0 radical (unpaired) electrons. The number of rotatable bonds is 5. The molecular weight excluding hydrogens is 248 g/mol. The molecule has 1 saturated carbocycles. The summed E-state index contributed by atoms with van der Waals surface area (Å²) in [5, 5.41) is 3.20. The second kappa shape index (κ2) is 5.67. The number of hydrogen-bond acceptors (Lipinski definition) is 3. The van der Waals surface area contributed by atoms with Crippen LogP contribution in [0, 0.1) is 5.92 Å². The van der Waals surface area contributed by atoms with Gasteiger partial charge in [0.2, 0.25) is 10.0 Å². The maximum absolute atomic E-state index is 11.9. The van der Waals surface area contributed by atoms with Crippen LogP contribution in [0.25, 0.3) is 0 Å². The summed E-state index contributed by atoms with van der Waals surface area (Å²) in [7, 11) is -1.28. The zero-order chi connectivity index (χ0) is 10.9. The number of sulfonamides is 1. The first kappa shape index (κ1) is 14.2. The quantitative estimate of drug-likeness (QED) is 0.804. The van der Waals surface area contributed by atoms with Crippen molar-refractivity contribution in [1.82, 2.24) is 9.62 Å². The van der Waals surface area contributed by atoms with E-state index in [1.165, 1.54) is 12.8 Å². The molecule has 1 unspecified atom stereocenters. The van der Waals surface area contributed by atoms with E-state index in [9.17, 15) is 8.42 Å². The van der Waals surface area contributed by atoms with E-state index in [1.54, 1.807) is 11.4 Å². The summed E-state index contributed by atoms with van der Waals surface area (Å²) in [5.41, 5.74) is 0. The van der Waals surface area contributed by atoms with Gasteiger partial charge in [-0.1, -0.05) is 12.8 Å². The maximum atomic E-state index is 11.9. The molecule has 0 amide bonds. The Labute approximate surface area is 104 Å². The van der Waals surface area contributed by atoms with Gasteiger partial charge in [0.1, 0.15) is 0 Å². The fourth-order valence-electron chi connectivity index (χ4n) is 2.04. The smallest absolute Gasteiger partial charge is 0.214 e. The first-order chi connectivity index (χ1) is 7.09. The van der Waals surface area contributed by atoms with Crippen LogP contribution in [-0.4, -0.2) is 44.7 Å². The molecule has 0 aromatic rings. The van der Waals surface area contributed by atoms with Gasteiger partial charge in [0.25, 0.3) is 0 Å². The molecule has 1 atom stereocenters. The zero-order valence-corrected chi connectivity index (χ0v) is 11.3. The summed E-state index contributed by atoms with van der Waals surface area (Å²) in [5.74, 6) is 1.03. The molecule has 96 valence electrons. The van der Waals surface area contributed by atoms with Gasteiger partial charge < -0.3 is 5.32 Å². The van der Waals surface area contributed by atoms with Crippen molar-refractivity contribution in [3.8, 4) is 0 Å². The van der Waals surface area contributed by atoms with Gasteiger partial charge in [0.15, 0.2) is 0 Å². The van der Waals surface area contributed by atoms with E-state index < -0.39 is 10.0 Å². The van der Waals surface area contributed by atoms with Crippen LogP contribution < -0.4 is 5.32 Å². The second-order valence-electron chi connectivity index (χ2n) is 4.71. The minimum absolute atomic E-state index is 0. The molecule has 2 fully saturated rings. The lowest BCUT2D eigenvalue weighted by Crippen LogP contribution is -2.39. The van der Waals surface area contributed by atoms with E-state index in [2.05, 4.69) is 5.32 Å². The normalized spacial score (nSPS) is 25.8. The van der Waals surface area contributed by atoms with Crippen molar-refractivity contribution in [2.24, 2.45) is 5.92 Å². The van der Waals surface area contributed by atoms with E-state index >= 15 is 0 Å². The van der Waals surface area contributed by atoms with E-state index in [4.69, 9.17) is 0 Å². The van der Waals surface area contributed by atoms with Crippen molar-refractivity contribution in [2.45, 2.75) is 31.7 Å². The van der Waals surface area contributed by atoms with Crippen LogP contribution in [0.4, 0.5) is 0 Å². The van der Waals surface area contributed by atoms with Gasteiger partial charge in [0.05, 0.1) is 5.75 Å². The van der Waals surface area contributed by atoms with Gasteiger partial charge >= 0.3 is 0 Å². The second-order valence-corrected chi connectivity index (χ2v) is 6.86. The topological polar surface area (TPSA) is 49.4 Å². The fraction of sp³-hybridized carbons (Fsp3) is 1.00. The third-order valence-electron chi connectivity index (χ3n) is 3.47. The van der Waals surface area contributed by atoms with Gasteiger partial charge in [0, 0.05) is 19.6 Å². The molecule has 0 aromatic heterocycles. The summed E-state index contributed by atoms with van der Waals surface area (Å²) in [4.78, 5) is 0. The molecule has 0 aromatic carbocycles. The summed E-state index contributed by atoms with van der Waals surface area (Å²) in [6, 6.07) is 0.175.